The van der Waals surface area contributed by atoms with Gasteiger partial charge in [-0.15, -0.1) is 0 Å². The van der Waals surface area contributed by atoms with Crippen LogP contribution < -0.4 is 4.90 Å². The normalized spacial score (nSPS) is 14.4. The molecular formula is C28H21ClF6N4O. The van der Waals surface area contributed by atoms with Gasteiger partial charge in [-0.05, 0) is 47.9 Å². The number of alkyl halides is 6. The first kappa shape index (κ1) is 27.7. The van der Waals surface area contributed by atoms with E-state index in [0.717, 1.165) is 29.8 Å². The Kier molecular flexibility index (Phi) is 7.36. The van der Waals surface area contributed by atoms with Crippen LogP contribution in [0.5, 0.6) is 0 Å². The quantitative estimate of drug-likeness (QED) is 0.239. The summed E-state index contributed by atoms with van der Waals surface area (Å²) in [6.45, 7) is 0.785. The molecule has 1 aliphatic rings. The molecule has 5 rings (SSSR count). The number of aliphatic hydroxyl groups excluding tert-OH is 1. The molecule has 0 spiro atoms. The molecule has 0 bridgehead atoms. The molecule has 0 saturated heterocycles. The number of halogens is 7. The highest BCUT2D eigenvalue weighted by Crippen LogP contribution is 2.37. The molecule has 2 aromatic heterocycles. The summed E-state index contributed by atoms with van der Waals surface area (Å²) in [6.07, 6.45) is -5.05. The van der Waals surface area contributed by atoms with Gasteiger partial charge in [-0.1, -0.05) is 41.9 Å². The van der Waals surface area contributed by atoms with Crippen LogP contribution >= 0.6 is 11.6 Å². The summed E-state index contributed by atoms with van der Waals surface area (Å²) < 4.78 is 78.7. The van der Waals surface area contributed by atoms with Crippen molar-refractivity contribution in [1.29, 1.82) is 0 Å². The lowest BCUT2D eigenvalue weighted by Gasteiger charge is -2.27. The minimum Gasteiger partial charge on any atom is -0.392 e. The summed E-state index contributed by atoms with van der Waals surface area (Å²) in [5.41, 5.74) is 1.25. The maximum absolute atomic E-state index is 13.1. The second-order valence-corrected chi connectivity index (χ2v) is 9.60. The Labute approximate surface area is 229 Å². The van der Waals surface area contributed by atoms with E-state index in [1.165, 1.54) is 24.3 Å². The SMILES string of the molecule is OCc1cnc(N2CC=C(c3nc(-c4ccc(C(F)(F)F)cc4)c(-c4ccc(C(F)(F)F)cc4)[nH]3)CC2)c(Cl)c1. The van der Waals surface area contributed by atoms with Crippen LogP contribution in [0.3, 0.4) is 0 Å². The molecule has 0 radical (unpaired) electrons. The maximum atomic E-state index is 13.1. The molecule has 1 aliphatic heterocycles. The lowest BCUT2D eigenvalue weighted by molar-refractivity contribution is -0.138. The Hall–Kier alpha value is -3.83. The Balaban J connectivity index is 1.50. The van der Waals surface area contributed by atoms with Crippen molar-refractivity contribution in [2.45, 2.75) is 25.4 Å². The number of rotatable bonds is 5. The molecule has 3 heterocycles. The molecule has 5 nitrogen and oxygen atoms in total. The predicted octanol–water partition coefficient (Wildman–Crippen LogP) is 7.62. The lowest BCUT2D eigenvalue weighted by Crippen LogP contribution is -2.29. The molecule has 0 fully saturated rings. The number of aromatic amines is 1. The van der Waals surface area contributed by atoms with Crippen molar-refractivity contribution in [3.8, 4) is 22.5 Å². The van der Waals surface area contributed by atoms with E-state index in [0.29, 0.717) is 64.3 Å². The molecular weight excluding hydrogens is 558 g/mol. The maximum Gasteiger partial charge on any atom is 0.416 e. The minimum atomic E-state index is -4.51. The third-order valence-corrected chi connectivity index (χ3v) is 6.84. The lowest BCUT2D eigenvalue weighted by atomic mass is 10.0. The standard InChI is InChI=1S/C28H21ClF6N4O/c29-22-13-16(15-40)14-36-26(22)39-11-9-19(10-12-39)25-37-23(17-1-5-20(6-2-17)27(30,31)32)24(38-25)18-3-7-21(8-4-18)28(33,34)35/h1-9,13-14,40H,10-12,15H2,(H,37,38). The molecule has 0 unspecified atom stereocenters. The van der Waals surface area contributed by atoms with Crippen LogP contribution in [0.1, 0.15) is 28.9 Å². The zero-order chi connectivity index (χ0) is 28.7. The van der Waals surface area contributed by atoms with Gasteiger partial charge in [-0.2, -0.15) is 26.3 Å². The van der Waals surface area contributed by atoms with Crippen molar-refractivity contribution in [1.82, 2.24) is 15.0 Å². The largest absolute Gasteiger partial charge is 0.416 e. The zero-order valence-corrected chi connectivity index (χ0v) is 21.4. The second kappa shape index (κ2) is 10.6. The zero-order valence-electron chi connectivity index (χ0n) is 20.6. The van der Waals surface area contributed by atoms with Crippen molar-refractivity contribution in [2.24, 2.45) is 0 Å². The predicted molar refractivity (Wildman–Crippen MR) is 139 cm³/mol. The fourth-order valence-electron chi connectivity index (χ4n) is 4.45. The Morgan fingerprint density at radius 1 is 0.900 bits per heavy atom. The van der Waals surface area contributed by atoms with Crippen LogP contribution in [0.4, 0.5) is 32.2 Å². The van der Waals surface area contributed by atoms with Gasteiger partial charge in [-0.25, -0.2) is 9.97 Å². The van der Waals surface area contributed by atoms with E-state index < -0.39 is 23.5 Å². The van der Waals surface area contributed by atoms with Crippen molar-refractivity contribution in [3.63, 3.8) is 0 Å². The summed E-state index contributed by atoms with van der Waals surface area (Å²) in [6, 6.07) is 10.6. The number of pyridine rings is 1. The van der Waals surface area contributed by atoms with E-state index in [4.69, 9.17) is 11.6 Å². The van der Waals surface area contributed by atoms with E-state index in [1.54, 1.807) is 12.3 Å². The van der Waals surface area contributed by atoms with Gasteiger partial charge in [0.05, 0.1) is 34.1 Å². The van der Waals surface area contributed by atoms with Crippen molar-refractivity contribution >= 4 is 23.0 Å². The first-order valence-electron chi connectivity index (χ1n) is 12.1. The number of imidazole rings is 1. The molecule has 2 aromatic carbocycles. The number of nitrogens with one attached hydrogen (secondary N) is 1. The molecule has 0 saturated carbocycles. The Morgan fingerprint density at radius 3 is 2.00 bits per heavy atom. The van der Waals surface area contributed by atoms with Crippen LogP contribution in [-0.2, 0) is 19.0 Å². The molecule has 40 heavy (non-hydrogen) atoms. The molecule has 4 aromatic rings. The van der Waals surface area contributed by atoms with Crippen LogP contribution in [0, 0.1) is 0 Å². The number of aromatic nitrogens is 3. The highest BCUT2D eigenvalue weighted by molar-refractivity contribution is 6.33. The second-order valence-electron chi connectivity index (χ2n) is 9.19. The summed E-state index contributed by atoms with van der Waals surface area (Å²) in [7, 11) is 0. The monoisotopic (exact) mass is 578 g/mol. The van der Waals surface area contributed by atoms with Crippen molar-refractivity contribution < 1.29 is 31.4 Å². The number of benzene rings is 2. The summed E-state index contributed by atoms with van der Waals surface area (Å²) in [5, 5.41) is 9.68. The van der Waals surface area contributed by atoms with E-state index in [-0.39, 0.29) is 6.61 Å². The Morgan fingerprint density at radius 2 is 1.50 bits per heavy atom. The van der Waals surface area contributed by atoms with Gasteiger partial charge >= 0.3 is 12.4 Å². The van der Waals surface area contributed by atoms with Crippen LogP contribution in [0.2, 0.25) is 5.02 Å². The van der Waals surface area contributed by atoms with Gasteiger partial charge in [0, 0.05) is 30.4 Å². The number of nitrogens with zero attached hydrogens (tertiary/aromatic N) is 3. The highest BCUT2D eigenvalue weighted by atomic mass is 35.5. The number of H-pyrrole nitrogens is 1. The van der Waals surface area contributed by atoms with Gasteiger partial charge in [0.15, 0.2) is 0 Å². The van der Waals surface area contributed by atoms with Gasteiger partial charge in [0.2, 0.25) is 0 Å². The van der Waals surface area contributed by atoms with Gasteiger partial charge in [0.25, 0.3) is 0 Å². The first-order chi connectivity index (χ1) is 18.9. The summed E-state index contributed by atoms with van der Waals surface area (Å²) in [5.74, 6) is 1.02. The molecule has 12 heteroatoms. The molecule has 2 N–H and O–H groups in total. The van der Waals surface area contributed by atoms with E-state index >= 15 is 0 Å². The molecule has 0 amide bonds. The molecule has 0 aliphatic carbocycles. The molecule has 208 valence electrons. The molecule has 0 atom stereocenters. The van der Waals surface area contributed by atoms with E-state index in [2.05, 4.69) is 15.0 Å². The van der Waals surface area contributed by atoms with Crippen LogP contribution in [0.25, 0.3) is 28.1 Å². The van der Waals surface area contributed by atoms with Gasteiger partial charge < -0.3 is 15.0 Å². The number of anilines is 1. The van der Waals surface area contributed by atoms with E-state index in [9.17, 15) is 31.4 Å². The average Bonchev–Trinajstić information content (AvgIpc) is 3.38. The smallest absolute Gasteiger partial charge is 0.392 e. The summed E-state index contributed by atoms with van der Waals surface area (Å²) >= 11 is 6.34. The van der Waals surface area contributed by atoms with Crippen LogP contribution in [-0.4, -0.2) is 33.1 Å². The highest BCUT2D eigenvalue weighted by Gasteiger charge is 2.31. The summed E-state index contributed by atoms with van der Waals surface area (Å²) in [4.78, 5) is 14.1. The number of hydrogen-bond acceptors (Lipinski definition) is 4. The fraction of sp³-hybridized carbons (Fsp3) is 0.214. The average molecular weight is 579 g/mol. The third kappa shape index (κ3) is 5.71. The van der Waals surface area contributed by atoms with Gasteiger partial charge in [0.1, 0.15) is 11.6 Å². The third-order valence-electron chi connectivity index (χ3n) is 6.56. The fourth-order valence-corrected chi connectivity index (χ4v) is 4.76. The number of hydrogen-bond donors (Lipinski definition) is 2. The minimum absolute atomic E-state index is 0.182. The van der Waals surface area contributed by atoms with Crippen molar-refractivity contribution in [2.75, 3.05) is 18.0 Å². The van der Waals surface area contributed by atoms with E-state index in [1.807, 2.05) is 11.0 Å². The van der Waals surface area contributed by atoms with Gasteiger partial charge in [-0.3, -0.25) is 0 Å². The first-order valence-corrected chi connectivity index (χ1v) is 12.5. The Bertz CT molecular complexity index is 1470. The number of aliphatic hydroxyl groups is 1. The topological polar surface area (TPSA) is 65.0 Å². The van der Waals surface area contributed by atoms with Crippen LogP contribution in [0.15, 0.2) is 66.9 Å². The van der Waals surface area contributed by atoms with Crippen molar-refractivity contribution in [3.05, 3.63) is 94.4 Å².